The van der Waals surface area contributed by atoms with Gasteiger partial charge in [-0.2, -0.15) is 0 Å². The Morgan fingerprint density at radius 3 is 2.17 bits per heavy atom. The summed E-state index contributed by atoms with van der Waals surface area (Å²) in [5, 5.41) is 76.1. The Hall–Kier alpha value is -3.89. The molecule has 4 rings (SSSR count). The molecule has 7 N–H and O–H groups in total. The van der Waals surface area contributed by atoms with Crippen molar-refractivity contribution in [1.82, 2.24) is 0 Å². The summed E-state index contributed by atoms with van der Waals surface area (Å²) in [7, 11) is 1.26. The van der Waals surface area contributed by atoms with E-state index in [0.29, 0.717) is 23.1 Å². The van der Waals surface area contributed by atoms with Crippen LogP contribution in [0.5, 0.6) is 11.5 Å². The maximum absolute atomic E-state index is 14.0. The summed E-state index contributed by atoms with van der Waals surface area (Å²) in [6.45, 7) is 18.0. The minimum Gasteiger partial charge on any atom is -0.505 e. The number of allylic oxidation sites excluding steroid dienone is 4. The smallest absolute Gasteiger partial charge is 0.342 e. The first-order chi connectivity index (χ1) is 33.7. The second-order valence-electron chi connectivity index (χ2n) is 19.4. The highest BCUT2D eigenvalue weighted by Gasteiger charge is 2.53. The minimum absolute atomic E-state index is 0.0387. The fourth-order valence-electron chi connectivity index (χ4n) is 8.52. The second kappa shape index (κ2) is 26.5. The SMILES string of the molecule is CCc1c(Cl)c(O)c(Cl)c(O)c1C(=O)O[C@@H]1[C@@H](O)[C@@H](OC)[C@@H](OC/C2=C/C=C/CC(O)/C(C)=C\C(CC)C(O[C@@H]3OC(C)(C)[C@H](O)[C@H](O)[C@@H]3OC(=O)C(C)C)/C(C)=C/C(C)=C/CC(C(C)O)OC2=O)O[C@H]1C. The van der Waals surface area contributed by atoms with Gasteiger partial charge in [-0.3, -0.25) is 4.79 Å². The Balaban J connectivity index is 1.64. The molecule has 3 aliphatic rings. The van der Waals surface area contributed by atoms with Crippen LogP contribution in [0.25, 0.3) is 0 Å². The molecule has 1 aromatic rings. The number of benzene rings is 1. The van der Waals surface area contributed by atoms with Gasteiger partial charge in [-0.25, -0.2) is 9.59 Å². The third kappa shape index (κ3) is 14.7. The molecule has 3 heterocycles. The van der Waals surface area contributed by atoms with Gasteiger partial charge >= 0.3 is 17.9 Å². The van der Waals surface area contributed by atoms with Gasteiger partial charge in [-0.1, -0.05) is 86.9 Å². The highest BCUT2D eigenvalue weighted by atomic mass is 35.5. The van der Waals surface area contributed by atoms with Gasteiger partial charge in [0, 0.05) is 19.4 Å². The van der Waals surface area contributed by atoms with E-state index in [1.54, 1.807) is 53.7 Å². The average Bonchev–Trinajstić information content (AvgIpc) is 3.32. The molecule has 14 atom stereocenters. The number of hydrogen-bond acceptors (Lipinski definition) is 18. The number of carbonyl (C=O) groups excluding carboxylic acids is 3. The molecule has 20 heteroatoms. The molecule has 404 valence electrons. The number of methoxy groups -OCH3 is 1. The molecule has 3 aliphatic heterocycles. The van der Waals surface area contributed by atoms with E-state index in [1.807, 2.05) is 32.9 Å². The number of aliphatic hydroxyl groups is 5. The van der Waals surface area contributed by atoms with Gasteiger partial charge in [0.25, 0.3) is 0 Å². The van der Waals surface area contributed by atoms with Gasteiger partial charge in [0.15, 0.2) is 36.3 Å². The number of rotatable bonds is 13. The summed E-state index contributed by atoms with van der Waals surface area (Å²) < 4.78 is 47.8. The minimum atomic E-state index is -1.57. The fraction of sp³-hybridized carbons (Fsp3) is 0.635. The predicted molar refractivity (Wildman–Crippen MR) is 265 cm³/mol. The van der Waals surface area contributed by atoms with Gasteiger partial charge in [-0.05, 0) is 90.5 Å². The fourth-order valence-corrected chi connectivity index (χ4v) is 9.08. The van der Waals surface area contributed by atoms with Crippen molar-refractivity contribution >= 4 is 41.1 Å². The Morgan fingerprint density at radius 1 is 0.903 bits per heavy atom. The number of esters is 3. The third-order valence-corrected chi connectivity index (χ3v) is 13.8. The molecule has 1 aromatic carbocycles. The molecule has 72 heavy (non-hydrogen) atoms. The monoisotopic (exact) mass is 1060 g/mol. The normalized spacial score (nSPS) is 34.8. The summed E-state index contributed by atoms with van der Waals surface area (Å²) in [5.41, 5.74) is 0.279. The molecule has 2 fully saturated rings. The van der Waals surface area contributed by atoms with Crippen molar-refractivity contribution in [3.05, 3.63) is 79.9 Å². The number of phenols is 2. The van der Waals surface area contributed by atoms with Crippen LogP contribution in [-0.2, 0) is 53.9 Å². The summed E-state index contributed by atoms with van der Waals surface area (Å²) >= 11 is 12.3. The quantitative estimate of drug-likeness (QED) is 0.0655. The number of aliphatic hydroxyl groups excluding tert-OH is 5. The molecule has 0 radical (unpaired) electrons. The molecule has 0 aliphatic carbocycles. The van der Waals surface area contributed by atoms with E-state index in [0.717, 1.165) is 0 Å². The van der Waals surface area contributed by atoms with Crippen LogP contribution >= 0.6 is 23.2 Å². The molecule has 18 nitrogen and oxygen atoms in total. The van der Waals surface area contributed by atoms with Crippen LogP contribution in [0, 0.1) is 11.8 Å². The number of ether oxygens (including phenoxy) is 8. The van der Waals surface area contributed by atoms with E-state index in [-0.39, 0.29) is 35.4 Å². The van der Waals surface area contributed by atoms with Gasteiger partial charge in [0.05, 0.1) is 53.1 Å². The van der Waals surface area contributed by atoms with E-state index in [2.05, 4.69) is 0 Å². The average molecular weight is 1060 g/mol. The number of halogens is 2. The van der Waals surface area contributed by atoms with Crippen LogP contribution in [-0.4, -0.2) is 153 Å². The Bertz CT molecular complexity index is 2220. The van der Waals surface area contributed by atoms with Crippen LogP contribution in [0.4, 0.5) is 0 Å². The van der Waals surface area contributed by atoms with Crippen molar-refractivity contribution in [1.29, 1.82) is 0 Å². The number of phenolic OH excluding ortho intramolecular Hbond substituents is 2. The summed E-state index contributed by atoms with van der Waals surface area (Å²) in [4.78, 5) is 40.3. The third-order valence-electron chi connectivity index (χ3n) is 13.0. The summed E-state index contributed by atoms with van der Waals surface area (Å²) in [6.07, 6.45) is -5.45. The van der Waals surface area contributed by atoms with Crippen LogP contribution in [0.15, 0.2) is 58.7 Å². The van der Waals surface area contributed by atoms with Crippen molar-refractivity contribution in [2.24, 2.45) is 11.8 Å². The van der Waals surface area contributed by atoms with Crippen molar-refractivity contribution in [3.63, 3.8) is 0 Å². The second-order valence-corrected chi connectivity index (χ2v) is 20.1. The van der Waals surface area contributed by atoms with Gasteiger partial charge in [-0.15, -0.1) is 0 Å². The zero-order valence-corrected chi connectivity index (χ0v) is 44.5. The highest BCUT2D eigenvalue weighted by molar-refractivity contribution is 6.39. The van der Waals surface area contributed by atoms with E-state index in [1.165, 1.54) is 33.1 Å². The molecule has 0 spiro atoms. The van der Waals surface area contributed by atoms with Crippen LogP contribution in [0.1, 0.15) is 111 Å². The van der Waals surface area contributed by atoms with Crippen molar-refractivity contribution in [2.45, 2.75) is 187 Å². The van der Waals surface area contributed by atoms with Gasteiger partial charge < -0.3 is 73.6 Å². The Morgan fingerprint density at radius 2 is 1.57 bits per heavy atom. The lowest BCUT2D eigenvalue weighted by atomic mass is 9.88. The standard InChI is InChI=1S/C52H74Cl2O18/c1-13-30-22-26(6)33(56)18-16-15-17-31(23-66-50-44(65-12)40(59)43(29(9)67-50)69-49(64)35-32(14-2)36(53)39(58)37(54)38(35)57)48(63)68-34(28(8)55)20-19-25(5)21-27(7)42(30)71-51-45(70-47(62)24(3)4)41(60)46(61)52(10,11)72-51/h15-17,19,21-22,24,28-30,33-34,40-46,50-51,55-61H,13-14,18,20,23H2,1-12H3/b16-15+,25-19+,26-22-,27-21+,31-17-/t28?,29-,30?,33?,34?,40+,41+,42?,43-,44+,45-,46+,50-,51+/m0/s1. The molecule has 0 saturated carbocycles. The molecular formula is C52H74Cl2O18. The van der Waals surface area contributed by atoms with Gasteiger partial charge in [0.1, 0.15) is 41.1 Å². The topological polar surface area (TPSA) is 267 Å². The Kier molecular flexibility index (Phi) is 22.4. The number of aromatic hydroxyl groups is 2. The summed E-state index contributed by atoms with van der Waals surface area (Å²) in [5.74, 6) is -4.92. The molecule has 0 bridgehead atoms. The molecule has 0 aromatic heterocycles. The molecular weight excluding hydrogens is 983 g/mol. The number of cyclic esters (lactones) is 1. The van der Waals surface area contributed by atoms with Crippen molar-refractivity contribution in [3.8, 4) is 11.5 Å². The first-order valence-electron chi connectivity index (χ1n) is 24.2. The lowest BCUT2D eigenvalue weighted by Crippen LogP contribution is -2.64. The molecule has 0 amide bonds. The maximum Gasteiger partial charge on any atom is 0.342 e. The lowest BCUT2D eigenvalue weighted by Gasteiger charge is -2.47. The zero-order valence-electron chi connectivity index (χ0n) is 43.0. The summed E-state index contributed by atoms with van der Waals surface area (Å²) in [6, 6.07) is 0. The van der Waals surface area contributed by atoms with E-state index in [9.17, 15) is 50.1 Å². The Labute approximate surface area is 431 Å². The number of hydrogen-bond donors (Lipinski definition) is 7. The van der Waals surface area contributed by atoms with Crippen LogP contribution in [0.2, 0.25) is 10.0 Å². The predicted octanol–water partition coefficient (Wildman–Crippen LogP) is 6.23. The van der Waals surface area contributed by atoms with Crippen molar-refractivity contribution < 1.29 is 88.0 Å². The largest absolute Gasteiger partial charge is 0.505 e. The van der Waals surface area contributed by atoms with Crippen molar-refractivity contribution in [2.75, 3.05) is 13.7 Å². The first kappa shape index (κ1) is 60.7. The van der Waals surface area contributed by atoms with E-state index < -0.39 is 144 Å². The zero-order chi connectivity index (χ0) is 54.1. The molecule has 5 unspecified atom stereocenters. The highest BCUT2D eigenvalue weighted by Crippen LogP contribution is 2.45. The van der Waals surface area contributed by atoms with E-state index >= 15 is 0 Å². The maximum atomic E-state index is 14.0. The number of carbonyl (C=O) groups is 3. The first-order valence-corrected chi connectivity index (χ1v) is 24.9. The van der Waals surface area contributed by atoms with E-state index in [4.69, 9.17) is 61.1 Å². The lowest BCUT2D eigenvalue weighted by molar-refractivity contribution is -0.333. The molecule has 2 saturated heterocycles. The van der Waals surface area contributed by atoms with Crippen LogP contribution in [0.3, 0.4) is 0 Å². The van der Waals surface area contributed by atoms with Gasteiger partial charge in [0.2, 0.25) is 0 Å². The van der Waals surface area contributed by atoms with Crippen LogP contribution < -0.4 is 0 Å².